The lowest BCUT2D eigenvalue weighted by atomic mass is 10.1. The number of nitrogens with two attached hydrogens (primary N) is 1. The molecule has 2 rings (SSSR count). The third kappa shape index (κ3) is 1.74. The summed E-state index contributed by atoms with van der Waals surface area (Å²) < 4.78 is 13.0. The molecule has 2 heteroatoms. The zero-order valence-corrected chi connectivity index (χ0v) is 7.57. The molecule has 0 radical (unpaired) electrons. The van der Waals surface area contributed by atoms with E-state index in [1.807, 2.05) is 30.3 Å². The summed E-state index contributed by atoms with van der Waals surface area (Å²) in [5.74, 6) is -0.302. The van der Waals surface area contributed by atoms with Crippen molar-refractivity contribution < 1.29 is 4.39 Å². The maximum atomic E-state index is 13.0. The van der Waals surface area contributed by atoms with E-state index in [0.717, 1.165) is 11.1 Å². The van der Waals surface area contributed by atoms with Gasteiger partial charge in [-0.3, -0.25) is 0 Å². The standard InChI is InChI=1S/C12H10FN/c13-11-6-10(7-12(14)8-11)9-4-2-1-3-5-9/h1-8H,14H2. The van der Waals surface area contributed by atoms with Crippen LogP contribution in [0, 0.1) is 5.82 Å². The van der Waals surface area contributed by atoms with E-state index >= 15 is 0 Å². The molecular formula is C12H10FN. The molecule has 2 N–H and O–H groups in total. The van der Waals surface area contributed by atoms with Gasteiger partial charge in [-0.25, -0.2) is 4.39 Å². The summed E-state index contributed by atoms with van der Waals surface area (Å²) in [6, 6.07) is 14.2. The lowest BCUT2D eigenvalue weighted by molar-refractivity contribution is 0.629. The molecular weight excluding hydrogens is 177 g/mol. The second-order valence-electron chi connectivity index (χ2n) is 3.14. The SMILES string of the molecule is Nc1cc(F)cc(-c2ccccc2)c1. The van der Waals surface area contributed by atoms with Crippen LogP contribution in [0.15, 0.2) is 48.5 Å². The van der Waals surface area contributed by atoms with Crippen LogP contribution in [0.5, 0.6) is 0 Å². The first-order valence-electron chi connectivity index (χ1n) is 4.37. The van der Waals surface area contributed by atoms with Crippen LogP contribution in [0.1, 0.15) is 0 Å². The largest absolute Gasteiger partial charge is 0.399 e. The summed E-state index contributed by atoms with van der Waals surface area (Å²) in [4.78, 5) is 0. The molecule has 0 atom stereocenters. The highest BCUT2D eigenvalue weighted by Crippen LogP contribution is 2.22. The van der Waals surface area contributed by atoms with Crippen molar-refractivity contribution in [2.45, 2.75) is 0 Å². The fraction of sp³-hybridized carbons (Fsp3) is 0. The molecule has 0 amide bonds. The van der Waals surface area contributed by atoms with E-state index in [2.05, 4.69) is 0 Å². The van der Waals surface area contributed by atoms with Crippen LogP contribution >= 0.6 is 0 Å². The highest BCUT2D eigenvalue weighted by molar-refractivity contribution is 5.67. The molecule has 0 spiro atoms. The van der Waals surface area contributed by atoms with Gasteiger partial charge in [0.2, 0.25) is 0 Å². The molecule has 0 aliphatic heterocycles. The second kappa shape index (κ2) is 3.50. The van der Waals surface area contributed by atoms with E-state index in [-0.39, 0.29) is 5.82 Å². The van der Waals surface area contributed by atoms with Gasteiger partial charge in [0, 0.05) is 5.69 Å². The fourth-order valence-corrected chi connectivity index (χ4v) is 1.41. The predicted octanol–water partition coefficient (Wildman–Crippen LogP) is 3.07. The molecule has 0 fully saturated rings. The summed E-state index contributed by atoms with van der Waals surface area (Å²) in [5, 5.41) is 0. The average Bonchev–Trinajstić information content (AvgIpc) is 2.18. The zero-order valence-electron chi connectivity index (χ0n) is 7.57. The molecule has 14 heavy (non-hydrogen) atoms. The molecule has 1 nitrogen and oxygen atoms in total. The average molecular weight is 187 g/mol. The Kier molecular flexibility index (Phi) is 2.19. The van der Waals surface area contributed by atoms with Crippen molar-refractivity contribution in [3.05, 3.63) is 54.3 Å². The van der Waals surface area contributed by atoms with Gasteiger partial charge >= 0.3 is 0 Å². The maximum absolute atomic E-state index is 13.0. The fourth-order valence-electron chi connectivity index (χ4n) is 1.41. The topological polar surface area (TPSA) is 26.0 Å². The van der Waals surface area contributed by atoms with E-state index in [9.17, 15) is 4.39 Å². The van der Waals surface area contributed by atoms with Gasteiger partial charge in [0.25, 0.3) is 0 Å². The van der Waals surface area contributed by atoms with Gasteiger partial charge in [0.1, 0.15) is 5.82 Å². The number of hydrogen-bond donors (Lipinski definition) is 1. The van der Waals surface area contributed by atoms with Crippen LogP contribution < -0.4 is 5.73 Å². The maximum Gasteiger partial charge on any atom is 0.125 e. The van der Waals surface area contributed by atoms with Gasteiger partial charge in [0.15, 0.2) is 0 Å². The minimum atomic E-state index is -0.302. The number of benzene rings is 2. The Hall–Kier alpha value is -1.83. The summed E-state index contributed by atoms with van der Waals surface area (Å²) in [5.41, 5.74) is 7.78. The molecule has 0 aliphatic rings. The van der Waals surface area contributed by atoms with Crippen LogP contribution in [0.3, 0.4) is 0 Å². The first-order valence-corrected chi connectivity index (χ1v) is 4.37. The van der Waals surface area contributed by atoms with Gasteiger partial charge in [-0.05, 0) is 29.3 Å². The van der Waals surface area contributed by atoms with Gasteiger partial charge in [-0.1, -0.05) is 30.3 Å². The summed E-state index contributed by atoms with van der Waals surface area (Å²) in [6.07, 6.45) is 0. The summed E-state index contributed by atoms with van der Waals surface area (Å²) in [6.45, 7) is 0. The lowest BCUT2D eigenvalue weighted by Gasteiger charge is -2.02. The molecule has 2 aromatic rings. The Labute approximate surface area is 82.0 Å². The van der Waals surface area contributed by atoms with Crippen LogP contribution in [0.4, 0.5) is 10.1 Å². The quantitative estimate of drug-likeness (QED) is 0.682. The van der Waals surface area contributed by atoms with E-state index in [1.165, 1.54) is 12.1 Å². The number of halogens is 1. The van der Waals surface area contributed by atoms with Crippen LogP contribution in [-0.4, -0.2) is 0 Å². The Morgan fingerprint density at radius 1 is 0.857 bits per heavy atom. The normalized spacial score (nSPS) is 10.1. The molecule has 0 saturated heterocycles. The number of nitrogen functional groups attached to an aromatic ring is 1. The molecule has 0 aliphatic carbocycles. The van der Waals surface area contributed by atoms with Crippen molar-refractivity contribution in [1.29, 1.82) is 0 Å². The Balaban J connectivity index is 2.52. The second-order valence-corrected chi connectivity index (χ2v) is 3.14. The molecule has 0 unspecified atom stereocenters. The van der Waals surface area contributed by atoms with Crippen molar-refractivity contribution in [1.82, 2.24) is 0 Å². The van der Waals surface area contributed by atoms with E-state index in [0.29, 0.717) is 5.69 Å². The van der Waals surface area contributed by atoms with Gasteiger partial charge in [0.05, 0.1) is 0 Å². The lowest BCUT2D eigenvalue weighted by Crippen LogP contribution is -1.88. The zero-order chi connectivity index (χ0) is 9.97. The number of rotatable bonds is 1. The van der Waals surface area contributed by atoms with Gasteiger partial charge in [-0.15, -0.1) is 0 Å². The Morgan fingerprint density at radius 2 is 1.57 bits per heavy atom. The Bertz CT molecular complexity index is 417. The molecule has 70 valence electrons. The van der Waals surface area contributed by atoms with Crippen LogP contribution in [0.2, 0.25) is 0 Å². The monoisotopic (exact) mass is 187 g/mol. The molecule has 0 aromatic heterocycles. The van der Waals surface area contributed by atoms with E-state index < -0.39 is 0 Å². The van der Waals surface area contributed by atoms with Crippen molar-refractivity contribution >= 4 is 5.69 Å². The molecule has 0 heterocycles. The van der Waals surface area contributed by atoms with Crippen molar-refractivity contribution in [3.63, 3.8) is 0 Å². The van der Waals surface area contributed by atoms with Crippen molar-refractivity contribution in [3.8, 4) is 11.1 Å². The van der Waals surface area contributed by atoms with Crippen LogP contribution in [-0.2, 0) is 0 Å². The van der Waals surface area contributed by atoms with Gasteiger partial charge < -0.3 is 5.73 Å². The highest BCUT2D eigenvalue weighted by atomic mass is 19.1. The minimum Gasteiger partial charge on any atom is -0.399 e. The minimum absolute atomic E-state index is 0.302. The van der Waals surface area contributed by atoms with Crippen LogP contribution in [0.25, 0.3) is 11.1 Å². The predicted molar refractivity (Wildman–Crippen MR) is 56.2 cm³/mol. The smallest absolute Gasteiger partial charge is 0.125 e. The molecule has 0 bridgehead atoms. The van der Waals surface area contributed by atoms with E-state index in [1.54, 1.807) is 6.07 Å². The third-order valence-electron chi connectivity index (χ3n) is 2.03. The third-order valence-corrected chi connectivity index (χ3v) is 2.03. The summed E-state index contributed by atoms with van der Waals surface area (Å²) in [7, 11) is 0. The van der Waals surface area contributed by atoms with Gasteiger partial charge in [-0.2, -0.15) is 0 Å². The highest BCUT2D eigenvalue weighted by Gasteiger charge is 2.00. The number of anilines is 1. The first-order chi connectivity index (χ1) is 6.75. The Morgan fingerprint density at radius 3 is 2.21 bits per heavy atom. The van der Waals surface area contributed by atoms with Crippen molar-refractivity contribution in [2.24, 2.45) is 0 Å². The summed E-state index contributed by atoms with van der Waals surface area (Å²) >= 11 is 0. The number of hydrogen-bond acceptors (Lipinski definition) is 1. The molecule has 2 aromatic carbocycles. The van der Waals surface area contributed by atoms with E-state index in [4.69, 9.17) is 5.73 Å². The van der Waals surface area contributed by atoms with Crippen molar-refractivity contribution in [2.75, 3.05) is 5.73 Å². The molecule has 0 saturated carbocycles. The first kappa shape index (κ1) is 8.75.